The van der Waals surface area contributed by atoms with Gasteiger partial charge in [-0.1, -0.05) is 32.9 Å². The quantitative estimate of drug-likeness (QED) is 0.515. The second-order valence-electron chi connectivity index (χ2n) is 9.72. The summed E-state index contributed by atoms with van der Waals surface area (Å²) >= 11 is 1.82. The molecule has 2 atom stereocenters. The number of ether oxygens (including phenoxy) is 1. The molecule has 0 spiro atoms. The lowest BCUT2D eigenvalue weighted by Gasteiger charge is -2.29. The van der Waals surface area contributed by atoms with Crippen LogP contribution in [-0.2, 0) is 16.0 Å². The fourth-order valence-corrected chi connectivity index (χ4v) is 5.56. The van der Waals surface area contributed by atoms with E-state index in [1.54, 1.807) is 0 Å². The summed E-state index contributed by atoms with van der Waals surface area (Å²) in [7, 11) is 1.29. The molecule has 5 rings (SSSR count). The third kappa shape index (κ3) is 4.13. The highest BCUT2D eigenvalue weighted by Gasteiger charge is 2.37. The van der Waals surface area contributed by atoms with Crippen molar-refractivity contribution in [3.8, 4) is 11.6 Å². The van der Waals surface area contributed by atoms with Crippen molar-refractivity contribution in [2.24, 2.45) is 5.41 Å². The van der Waals surface area contributed by atoms with Crippen LogP contribution in [0.15, 0.2) is 38.2 Å². The Bertz CT molecular complexity index is 1260. The molecule has 0 fully saturated rings. The Morgan fingerprint density at radius 2 is 2.06 bits per heavy atom. The van der Waals surface area contributed by atoms with Crippen molar-refractivity contribution in [3.63, 3.8) is 0 Å². The number of benzene rings is 1. The monoisotopic (exact) mass is 481 g/mol. The van der Waals surface area contributed by atoms with Gasteiger partial charge in [0.2, 0.25) is 17.7 Å². The maximum absolute atomic E-state index is 12.9. The van der Waals surface area contributed by atoms with Gasteiger partial charge in [-0.15, -0.1) is 11.8 Å². The highest BCUT2D eigenvalue weighted by atomic mass is 32.2. The maximum Gasteiger partial charge on any atom is 0.360 e. The van der Waals surface area contributed by atoms with E-state index >= 15 is 0 Å². The number of hydrogen-bond donors (Lipinski definition) is 1. The van der Waals surface area contributed by atoms with E-state index in [0.29, 0.717) is 30.2 Å². The Labute approximate surface area is 201 Å². The lowest BCUT2D eigenvalue weighted by molar-refractivity contribution is -0.122. The maximum atomic E-state index is 12.9. The first-order chi connectivity index (χ1) is 16.2. The third-order valence-corrected chi connectivity index (χ3v) is 7.38. The van der Waals surface area contributed by atoms with E-state index in [-0.39, 0.29) is 28.8 Å². The van der Waals surface area contributed by atoms with Crippen LogP contribution in [0.2, 0.25) is 0 Å². The summed E-state index contributed by atoms with van der Waals surface area (Å²) in [6, 6.07) is 5.94. The summed E-state index contributed by atoms with van der Waals surface area (Å²) in [5.41, 5.74) is 2.43. The molecule has 4 bridgehead atoms. The zero-order valence-electron chi connectivity index (χ0n) is 19.6. The molecule has 0 saturated heterocycles. The number of carbonyl (C=O) groups excluding carboxylic acids is 2. The smallest absolute Gasteiger partial charge is 0.360 e. The van der Waals surface area contributed by atoms with E-state index < -0.39 is 12.0 Å². The van der Waals surface area contributed by atoms with Gasteiger partial charge in [0.1, 0.15) is 18.1 Å². The molecule has 0 radical (unpaired) electrons. The van der Waals surface area contributed by atoms with Crippen molar-refractivity contribution in [1.82, 2.24) is 15.3 Å². The van der Waals surface area contributed by atoms with Gasteiger partial charge in [0.05, 0.1) is 7.11 Å². The first kappa shape index (κ1) is 22.7. The molecule has 1 amide bonds. The minimum absolute atomic E-state index is 0.0447. The second-order valence-corrected chi connectivity index (χ2v) is 10.9. The Morgan fingerprint density at radius 3 is 2.82 bits per heavy atom. The highest BCUT2D eigenvalue weighted by molar-refractivity contribution is 7.99. The molecule has 2 unspecified atom stereocenters. The molecule has 0 aliphatic carbocycles. The van der Waals surface area contributed by atoms with Crippen LogP contribution in [-0.4, -0.2) is 34.7 Å². The van der Waals surface area contributed by atoms with Crippen LogP contribution in [0.4, 0.5) is 0 Å². The summed E-state index contributed by atoms with van der Waals surface area (Å²) in [6.07, 6.45) is 3.17. The normalized spacial score (nSPS) is 20.2. The molecule has 2 aliphatic heterocycles. The fraction of sp³-hybridized carbons (Fsp3) is 0.440. The molecule has 0 saturated carbocycles. The lowest BCUT2D eigenvalue weighted by atomic mass is 9.86. The van der Waals surface area contributed by atoms with Crippen molar-refractivity contribution in [2.45, 2.75) is 56.9 Å². The van der Waals surface area contributed by atoms with Crippen molar-refractivity contribution in [3.05, 3.63) is 52.9 Å². The highest BCUT2D eigenvalue weighted by Crippen LogP contribution is 2.46. The van der Waals surface area contributed by atoms with Gasteiger partial charge in [-0.25, -0.2) is 14.8 Å². The Hall–Kier alpha value is -3.07. The predicted octanol–water partition coefficient (Wildman–Crippen LogP) is 4.89. The van der Waals surface area contributed by atoms with Crippen LogP contribution in [0.25, 0.3) is 11.6 Å². The van der Waals surface area contributed by atoms with Gasteiger partial charge < -0.3 is 18.9 Å². The average Bonchev–Trinajstić information content (AvgIpc) is 3.46. The van der Waals surface area contributed by atoms with Crippen LogP contribution >= 0.6 is 11.8 Å². The zero-order chi connectivity index (χ0) is 24.0. The minimum Gasteiger partial charge on any atom is -0.464 e. The Morgan fingerprint density at radius 1 is 1.24 bits per heavy atom. The van der Waals surface area contributed by atoms with Gasteiger partial charge in [-0.05, 0) is 41.2 Å². The SMILES string of the molecule is COC(=O)c1coc(-c2nc3oc2C2CCSc4ccc(cc42)CCC(=O)NC3C(C)(C)C)n1. The average molecular weight is 482 g/mol. The number of esters is 1. The molecule has 178 valence electrons. The third-order valence-electron chi connectivity index (χ3n) is 6.26. The van der Waals surface area contributed by atoms with Gasteiger partial charge in [-0.2, -0.15) is 0 Å². The van der Waals surface area contributed by atoms with Crippen molar-refractivity contribution < 1.29 is 23.2 Å². The van der Waals surface area contributed by atoms with Crippen molar-refractivity contribution >= 4 is 23.6 Å². The summed E-state index contributed by atoms with van der Waals surface area (Å²) in [5.74, 6) is 1.47. The molecule has 2 aromatic heterocycles. The summed E-state index contributed by atoms with van der Waals surface area (Å²) < 4.78 is 16.9. The lowest BCUT2D eigenvalue weighted by Crippen LogP contribution is -2.37. The number of nitrogens with zero attached hydrogens (tertiary/aromatic N) is 2. The fourth-order valence-electron chi connectivity index (χ4n) is 4.45. The molecule has 34 heavy (non-hydrogen) atoms. The van der Waals surface area contributed by atoms with Gasteiger partial charge in [0, 0.05) is 17.2 Å². The molecule has 2 aliphatic rings. The molecule has 3 aromatic rings. The number of rotatable bonds is 2. The number of nitrogens with one attached hydrogen (secondary N) is 1. The van der Waals surface area contributed by atoms with Gasteiger partial charge in [0.15, 0.2) is 11.4 Å². The number of methoxy groups -OCH3 is 1. The predicted molar refractivity (Wildman–Crippen MR) is 126 cm³/mol. The van der Waals surface area contributed by atoms with E-state index in [0.717, 1.165) is 23.3 Å². The van der Waals surface area contributed by atoms with E-state index in [9.17, 15) is 9.59 Å². The molecule has 4 heterocycles. The largest absolute Gasteiger partial charge is 0.464 e. The van der Waals surface area contributed by atoms with Crippen LogP contribution in [0, 0.1) is 5.41 Å². The summed E-state index contributed by atoms with van der Waals surface area (Å²) in [4.78, 5) is 35.2. The number of aryl methyl sites for hydroxylation is 1. The van der Waals surface area contributed by atoms with Crippen LogP contribution in [0.3, 0.4) is 0 Å². The van der Waals surface area contributed by atoms with E-state index in [2.05, 4.69) is 28.5 Å². The number of carbonyl (C=O) groups is 2. The molecule has 8 nitrogen and oxygen atoms in total. The molecule has 1 N–H and O–H groups in total. The molecule has 1 aromatic carbocycles. The first-order valence-corrected chi connectivity index (χ1v) is 12.3. The topological polar surface area (TPSA) is 107 Å². The Kier molecular flexibility index (Phi) is 5.75. The molecular weight excluding hydrogens is 454 g/mol. The second kappa shape index (κ2) is 8.61. The number of fused-ring (bicyclic) bond motifs is 4. The van der Waals surface area contributed by atoms with Crippen LogP contribution in [0.1, 0.15) is 78.8 Å². The van der Waals surface area contributed by atoms with Gasteiger partial charge >= 0.3 is 5.97 Å². The molecule has 9 heteroatoms. The minimum atomic E-state index is -0.588. The van der Waals surface area contributed by atoms with Crippen LogP contribution in [0.5, 0.6) is 0 Å². The van der Waals surface area contributed by atoms with Crippen LogP contribution < -0.4 is 5.32 Å². The van der Waals surface area contributed by atoms with E-state index in [4.69, 9.17) is 18.6 Å². The summed E-state index contributed by atoms with van der Waals surface area (Å²) in [5, 5.41) is 3.12. The first-order valence-electron chi connectivity index (χ1n) is 11.3. The number of aromatic nitrogens is 2. The van der Waals surface area contributed by atoms with E-state index in [1.165, 1.54) is 18.3 Å². The van der Waals surface area contributed by atoms with Crippen molar-refractivity contribution in [1.29, 1.82) is 0 Å². The summed E-state index contributed by atoms with van der Waals surface area (Å²) in [6.45, 7) is 6.10. The number of hydrogen-bond acceptors (Lipinski definition) is 8. The zero-order valence-corrected chi connectivity index (χ0v) is 20.5. The number of oxazole rings is 2. The van der Waals surface area contributed by atoms with Gasteiger partial charge in [0.25, 0.3) is 0 Å². The number of thioether (sulfide) groups is 1. The van der Waals surface area contributed by atoms with Gasteiger partial charge in [-0.3, -0.25) is 4.79 Å². The molecular formula is C25H27N3O5S. The Balaban J connectivity index is 1.72. The standard InChI is InChI=1S/C25H27N3O5S/c1-25(2,3)21-23-28-19(22-26-16(12-32-22)24(30)31-4)20(33-23)14-9-10-34-17-7-5-13(11-15(14)17)6-8-18(29)27-21/h5,7,11-12,14,21H,6,8-10H2,1-4H3,(H,27,29). The van der Waals surface area contributed by atoms with Crippen molar-refractivity contribution in [2.75, 3.05) is 12.9 Å². The van der Waals surface area contributed by atoms with E-state index in [1.807, 2.05) is 32.5 Å². The number of amides is 1.